The molecule has 2 heterocycles. The molecule has 3 aromatic rings. The number of nitrogens with zero attached hydrogens (tertiary/aromatic N) is 2. The third kappa shape index (κ3) is 3.18. The third-order valence-electron chi connectivity index (χ3n) is 3.20. The Morgan fingerprint density at radius 1 is 1.17 bits per heavy atom. The van der Waals surface area contributed by atoms with Crippen molar-refractivity contribution in [1.82, 2.24) is 10.1 Å². The minimum absolute atomic E-state index is 0.303. The molecular weight excluding hydrogens is 330 g/mol. The molecule has 0 bridgehead atoms. The van der Waals surface area contributed by atoms with E-state index in [1.54, 1.807) is 25.1 Å². The molecule has 0 saturated carbocycles. The summed E-state index contributed by atoms with van der Waals surface area (Å²) in [5.74, 6) is 0.129. The van der Waals surface area contributed by atoms with E-state index < -0.39 is 5.97 Å². The first-order chi connectivity index (χ1) is 11.6. The number of nitrogens with one attached hydrogen (secondary N) is 1. The SMILES string of the molecule is COC(=O)c1ccc(C(=O)Nc2ccsc2-c2nc(C)no2)cc1. The maximum atomic E-state index is 12.4. The fourth-order valence-electron chi connectivity index (χ4n) is 2.03. The van der Waals surface area contributed by atoms with E-state index in [-0.39, 0.29) is 5.91 Å². The maximum Gasteiger partial charge on any atom is 0.337 e. The first-order valence-electron chi connectivity index (χ1n) is 6.96. The van der Waals surface area contributed by atoms with Crippen LogP contribution in [0.2, 0.25) is 0 Å². The van der Waals surface area contributed by atoms with Crippen molar-refractivity contribution in [3.8, 4) is 10.8 Å². The maximum absolute atomic E-state index is 12.4. The summed E-state index contributed by atoms with van der Waals surface area (Å²) in [5, 5.41) is 8.38. The highest BCUT2D eigenvalue weighted by atomic mass is 32.1. The molecule has 7 nitrogen and oxygen atoms in total. The summed E-state index contributed by atoms with van der Waals surface area (Å²) < 4.78 is 9.76. The number of benzene rings is 1. The average Bonchev–Trinajstić information content (AvgIpc) is 3.22. The molecule has 3 rings (SSSR count). The van der Waals surface area contributed by atoms with Gasteiger partial charge in [-0.1, -0.05) is 5.16 Å². The summed E-state index contributed by atoms with van der Waals surface area (Å²) in [6.45, 7) is 1.72. The molecule has 0 aliphatic heterocycles. The number of anilines is 1. The van der Waals surface area contributed by atoms with E-state index in [0.717, 1.165) is 0 Å². The Hall–Kier alpha value is -3.00. The van der Waals surface area contributed by atoms with E-state index >= 15 is 0 Å². The second-order valence-corrected chi connectivity index (χ2v) is 5.75. The van der Waals surface area contributed by atoms with Crippen molar-refractivity contribution >= 4 is 28.9 Å². The molecule has 0 aliphatic rings. The number of aryl methyl sites for hydroxylation is 1. The number of carbonyl (C=O) groups is 2. The standard InChI is InChI=1S/C16H13N3O4S/c1-9-17-15(23-19-9)13-12(7-8-24-13)18-14(20)10-3-5-11(6-4-10)16(21)22-2/h3-8H,1-2H3,(H,18,20). The van der Waals surface area contributed by atoms with E-state index in [0.29, 0.717) is 33.4 Å². The molecule has 0 unspecified atom stereocenters. The minimum atomic E-state index is -0.450. The average molecular weight is 343 g/mol. The lowest BCUT2D eigenvalue weighted by molar-refractivity contribution is 0.0600. The van der Waals surface area contributed by atoms with Crippen LogP contribution in [0.4, 0.5) is 5.69 Å². The molecule has 122 valence electrons. The van der Waals surface area contributed by atoms with Gasteiger partial charge >= 0.3 is 5.97 Å². The van der Waals surface area contributed by atoms with Crippen LogP contribution in [0, 0.1) is 6.92 Å². The largest absolute Gasteiger partial charge is 0.465 e. The van der Waals surface area contributed by atoms with Gasteiger partial charge in [0.05, 0.1) is 18.4 Å². The quantitative estimate of drug-likeness (QED) is 0.731. The molecule has 1 amide bonds. The number of amides is 1. The van der Waals surface area contributed by atoms with E-state index in [2.05, 4.69) is 20.2 Å². The molecule has 0 atom stereocenters. The van der Waals surface area contributed by atoms with Crippen molar-refractivity contribution < 1.29 is 18.8 Å². The first kappa shape index (κ1) is 15.9. The van der Waals surface area contributed by atoms with Crippen molar-refractivity contribution in [3.63, 3.8) is 0 Å². The number of thiophene rings is 1. The Kier molecular flexibility index (Phi) is 4.39. The van der Waals surface area contributed by atoms with Crippen molar-refractivity contribution in [2.75, 3.05) is 12.4 Å². The van der Waals surface area contributed by atoms with Crippen LogP contribution >= 0.6 is 11.3 Å². The van der Waals surface area contributed by atoms with Gasteiger partial charge < -0.3 is 14.6 Å². The first-order valence-corrected chi connectivity index (χ1v) is 7.84. The number of carbonyl (C=O) groups excluding carboxylic acids is 2. The summed E-state index contributed by atoms with van der Waals surface area (Å²) in [4.78, 5) is 28.6. The lowest BCUT2D eigenvalue weighted by atomic mass is 10.1. The molecule has 2 aromatic heterocycles. The summed E-state index contributed by atoms with van der Waals surface area (Å²) in [6.07, 6.45) is 0. The lowest BCUT2D eigenvalue weighted by Gasteiger charge is -2.05. The van der Waals surface area contributed by atoms with E-state index in [9.17, 15) is 9.59 Å². The van der Waals surface area contributed by atoms with Gasteiger partial charge in [-0.05, 0) is 42.6 Å². The van der Waals surface area contributed by atoms with Crippen LogP contribution in [0.5, 0.6) is 0 Å². The smallest absolute Gasteiger partial charge is 0.337 e. The number of esters is 1. The molecule has 0 radical (unpaired) electrons. The second kappa shape index (κ2) is 6.63. The van der Waals surface area contributed by atoms with Crippen LogP contribution < -0.4 is 5.32 Å². The number of rotatable bonds is 4. The van der Waals surface area contributed by atoms with Gasteiger partial charge in [-0.15, -0.1) is 11.3 Å². The zero-order valence-corrected chi connectivity index (χ0v) is 13.7. The Balaban J connectivity index is 1.78. The minimum Gasteiger partial charge on any atom is -0.465 e. The normalized spacial score (nSPS) is 10.4. The van der Waals surface area contributed by atoms with Gasteiger partial charge in [0.15, 0.2) is 5.82 Å². The third-order valence-corrected chi connectivity index (χ3v) is 4.11. The number of ether oxygens (including phenoxy) is 1. The predicted octanol–water partition coefficient (Wildman–Crippen LogP) is 3.15. The van der Waals surface area contributed by atoms with Crippen molar-refractivity contribution in [2.45, 2.75) is 6.92 Å². The van der Waals surface area contributed by atoms with E-state index in [4.69, 9.17) is 4.52 Å². The van der Waals surface area contributed by atoms with E-state index in [1.165, 1.54) is 30.6 Å². The molecule has 0 aliphatic carbocycles. The number of hydrogen-bond donors (Lipinski definition) is 1. The zero-order chi connectivity index (χ0) is 17.1. The second-order valence-electron chi connectivity index (χ2n) is 4.83. The number of methoxy groups -OCH3 is 1. The van der Waals surface area contributed by atoms with Gasteiger partial charge in [-0.3, -0.25) is 4.79 Å². The zero-order valence-electron chi connectivity index (χ0n) is 12.9. The van der Waals surface area contributed by atoms with Gasteiger partial charge in [-0.25, -0.2) is 4.79 Å². The summed E-state index contributed by atoms with van der Waals surface area (Å²) in [5.41, 5.74) is 1.39. The summed E-state index contributed by atoms with van der Waals surface area (Å²) >= 11 is 1.39. The molecule has 24 heavy (non-hydrogen) atoms. The van der Waals surface area contributed by atoms with Crippen LogP contribution in [-0.4, -0.2) is 29.1 Å². The van der Waals surface area contributed by atoms with Gasteiger partial charge in [0.25, 0.3) is 11.8 Å². The van der Waals surface area contributed by atoms with Gasteiger partial charge in [0, 0.05) is 5.56 Å². The van der Waals surface area contributed by atoms with Crippen molar-refractivity contribution in [2.24, 2.45) is 0 Å². The molecular formula is C16H13N3O4S. The summed E-state index contributed by atoms with van der Waals surface area (Å²) in [7, 11) is 1.31. The van der Waals surface area contributed by atoms with Crippen molar-refractivity contribution in [3.05, 3.63) is 52.7 Å². The Bertz CT molecular complexity index is 883. The topological polar surface area (TPSA) is 94.3 Å². The molecule has 0 spiro atoms. The highest BCUT2D eigenvalue weighted by molar-refractivity contribution is 7.14. The van der Waals surface area contributed by atoms with Crippen LogP contribution in [0.1, 0.15) is 26.5 Å². The van der Waals surface area contributed by atoms with Crippen LogP contribution in [-0.2, 0) is 4.74 Å². The van der Waals surface area contributed by atoms with Gasteiger partial charge in [-0.2, -0.15) is 4.98 Å². The molecule has 0 fully saturated rings. The van der Waals surface area contributed by atoms with Crippen LogP contribution in [0.15, 0.2) is 40.2 Å². The predicted molar refractivity (Wildman–Crippen MR) is 88.1 cm³/mol. The number of aromatic nitrogens is 2. The Morgan fingerprint density at radius 2 is 1.88 bits per heavy atom. The lowest BCUT2D eigenvalue weighted by Crippen LogP contribution is -2.12. The summed E-state index contributed by atoms with van der Waals surface area (Å²) in [6, 6.07) is 7.96. The molecule has 1 aromatic carbocycles. The highest BCUT2D eigenvalue weighted by Crippen LogP contribution is 2.32. The molecule has 1 N–H and O–H groups in total. The van der Waals surface area contributed by atoms with Crippen LogP contribution in [0.3, 0.4) is 0 Å². The fourth-order valence-corrected chi connectivity index (χ4v) is 2.80. The molecule has 8 heteroatoms. The van der Waals surface area contributed by atoms with E-state index in [1.807, 2.05) is 5.38 Å². The van der Waals surface area contributed by atoms with Crippen LogP contribution in [0.25, 0.3) is 10.8 Å². The monoisotopic (exact) mass is 343 g/mol. The van der Waals surface area contributed by atoms with Gasteiger partial charge in [0.1, 0.15) is 4.88 Å². The molecule has 0 saturated heterocycles. The number of hydrogen-bond acceptors (Lipinski definition) is 7. The van der Waals surface area contributed by atoms with Gasteiger partial charge in [0.2, 0.25) is 0 Å². The fraction of sp³-hybridized carbons (Fsp3) is 0.125. The van der Waals surface area contributed by atoms with Crippen molar-refractivity contribution in [1.29, 1.82) is 0 Å². The Morgan fingerprint density at radius 3 is 2.50 bits per heavy atom. The highest BCUT2D eigenvalue weighted by Gasteiger charge is 2.16. The Labute approximate surface area is 141 Å².